The molecule has 0 aromatic carbocycles. The maximum Gasteiger partial charge on any atom is 0.273 e. The number of pyridine rings is 2. The molecule has 27 heavy (non-hydrogen) atoms. The molecule has 0 atom stereocenters. The van der Waals surface area contributed by atoms with Gasteiger partial charge in [0.1, 0.15) is 11.5 Å². The van der Waals surface area contributed by atoms with E-state index in [4.69, 9.17) is 0 Å². The van der Waals surface area contributed by atoms with Crippen LogP contribution in [0.4, 0.5) is 5.82 Å². The molecule has 3 rings (SSSR count). The van der Waals surface area contributed by atoms with Crippen LogP contribution < -0.4 is 10.6 Å². The molecule has 2 aromatic heterocycles. The largest absolute Gasteiger partial charge is 0.368 e. The van der Waals surface area contributed by atoms with Gasteiger partial charge in [0.15, 0.2) is 0 Å². The Balaban J connectivity index is 1.73. The van der Waals surface area contributed by atoms with Gasteiger partial charge >= 0.3 is 0 Å². The average molecular weight is 367 g/mol. The van der Waals surface area contributed by atoms with Crippen molar-refractivity contribution in [1.82, 2.24) is 20.2 Å². The highest BCUT2D eigenvalue weighted by Gasteiger charge is 2.21. The first-order valence-corrected chi connectivity index (χ1v) is 9.31. The number of anilines is 1. The number of aromatic nitrogens is 2. The number of aryl methyl sites for hydroxylation is 2. The van der Waals surface area contributed by atoms with Crippen molar-refractivity contribution >= 4 is 17.6 Å². The molecule has 0 aliphatic carbocycles. The first kappa shape index (κ1) is 18.8. The summed E-state index contributed by atoms with van der Waals surface area (Å²) >= 11 is 0. The zero-order valence-electron chi connectivity index (χ0n) is 15.6. The zero-order valence-corrected chi connectivity index (χ0v) is 15.6. The SMILES string of the molecule is Cc1cccnc1C(=O)N1CCCCc2cccc(n2)NCCNC(=O)C1. The summed E-state index contributed by atoms with van der Waals surface area (Å²) in [5.74, 6) is 0.451. The second-order valence-corrected chi connectivity index (χ2v) is 6.64. The van der Waals surface area contributed by atoms with Gasteiger partial charge in [0.2, 0.25) is 5.91 Å². The molecule has 3 heterocycles. The molecule has 0 saturated carbocycles. The van der Waals surface area contributed by atoms with Gasteiger partial charge in [-0.2, -0.15) is 0 Å². The number of fused-ring (bicyclic) bond motifs is 2. The summed E-state index contributed by atoms with van der Waals surface area (Å²) in [4.78, 5) is 35.6. The summed E-state index contributed by atoms with van der Waals surface area (Å²) in [7, 11) is 0. The number of nitrogens with one attached hydrogen (secondary N) is 2. The van der Waals surface area contributed by atoms with Crippen molar-refractivity contribution in [2.24, 2.45) is 0 Å². The Bertz CT molecular complexity index is 808. The van der Waals surface area contributed by atoms with Crippen LogP contribution in [-0.2, 0) is 11.2 Å². The molecule has 0 fully saturated rings. The van der Waals surface area contributed by atoms with Crippen molar-refractivity contribution in [2.75, 3.05) is 31.5 Å². The molecule has 7 nitrogen and oxygen atoms in total. The monoisotopic (exact) mass is 367 g/mol. The first-order chi connectivity index (χ1) is 13.1. The first-order valence-electron chi connectivity index (χ1n) is 9.31. The van der Waals surface area contributed by atoms with Gasteiger partial charge in [-0.25, -0.2) is 4.98 Å². The number of nitrogens with zero attached hydrogens (tertiary/aromatic N) is 3. The van der Waals surface area contributed by atoms with E-state index in [0.717, 1.165) is 36.3 Å². The minimum atomic E-state index is -0.200. The van der Waals surface area contributed by atoms with E-state index in [2.05, 4.69) is 20.6 Å². The third kappa shape index (κ3) is 5.26. The van der Waals surface area contributed by atoms with Crippen molar-refractivity contribution in [3.63, 3.8) is 0 Å². The molecule has 142 valence electrons. The number of amides is 2. The summed E-state index contributed by atoms with van der Waals surface area (Å²) in [5.41, 5.74) is 2.24. The molecule has 0 spiro atoms. The number of carbonyl (C=O) groups is 2. The van der Waals surface area contributed by atoms with Crippen LogP contribution in [0.2, 0.25) is 0 Å². The van der Waals surface area contributed by atoms with E-state index in [1.165, 1.54) is 0 Å². The standard InChI is InChI=1S/C20H25N5O2/c1-15-6-5-10-23-19(15)20(27)25-13-3-2-7-16-8-4-9-17(24-16)21-11-12-22-18(26)14-25/h4-6,8-10H,2-3,7,11-14H2,1H3,(H,21,24)(H,22,26). The maximum absolute atomic E-state index is 12.9. The Kier molecular flexibility index (Phi) is 6.35. The third-order valence-electron chi connectivity index (χ3n) is 4.50. The van der Waals surface area contributed by atoms with Gasteiger partial charge in [0.05, 0.1) is 6.54 Å². The van der Waals surface area contributed by atoms with E-state index >= 15 is 0 Å². The topological polar surface area (TPSA) is 87.2 Å². The molecule has 0 unspecified atom stereocenters. The van der Waals surface area contributed by atoms with Crippen LogP contribution in [0.15, 0.2) is 36.5 Å². The molecule has 2 N–H and O–H groups in total. The van der Waals surface area contributed by atoms with Crippen molar-refractivity contribution in [2.45, 2.75) is 26.2 Å². The summed E-state index contributed by atoms with van der Waals surface area (Å²) in [6.07, 6.45) is 4.13. The van der Waals surface area contributed by atoms with E-state index < -0.39 is 0 Å². The lowest BCUT2D eigenvalue weighted by Gasteiger charge is -2.23. The second kappa shape index (κ2) is 9.12. The molecule has 1 aliphatic rings. The minimum Gasteiger partial charge on any atom is -0.368 e. The smallest absolute Gasteiger partial charge is 0.273 e. The van der Waals surface area contributed by atoms with Crippen molar-refractivity contribution in [3.8, 4) is 0 Å². The Labute approximate surface area is 159 Å². The summed E-state index contributed by atoms with van der Waals surface area (Å²) in [6.45, 7) is 3.46. The van der Waals surface area contributed by atoms with Gasteiger partial charge in [-0.05, 0) is 49.9 Å². The fourth-order valence-corrected chi connectivity index (χ4v) is 3.06. The quantitative estimate of drug-likeness (QED) is 0.802. The predicted octanol–water partition coefficient (Wildman–Crippen LogP) is 1.79. The van der Waals surface area contributed by atoms with Gasteiger partial charge < -0.3 is 15.5 Å². The zero-order chi connectivity index (χ0) is 19.1. The predicted molar refractivity (Wildman–Crippen MR) is 104 cm³/mol. The highest BCUT2D eigenvalue weighted by atomic mass is 16.2. The minimum absolute atomic E-state index is 0.0401. The molecule has 0 radical (unpaired) electrons. The summed E-state index contributed by atoms with van der Waals surface area (Å²) in [6, 6.07) is 9.57. The van der Waals surface area contributed by atoms with E-state index in [9.17, 15) is 9.59 Å². The molecule has 0 saturated heterocycles. The molecule has 7 heteroatoms. The van der Waals surface area contributed by atoms with Crippen LogP contribution in [0, 0.1) is 6.92 Å². The lowest BCUT2D eigenvalue weighted by Crippen LogP contribution is -2.42. The Morgan fingerprint density at radius 2 is 1.96 bits per heavy atom. The van der Waals surface area contributed by atoms with E-state index in [0.29, 0.717) is 25.3 Å². The number of hydrogen-bond acceptors (Lipinski definition) is 5. The summed E-state index contributed by atoms with van der Waals surface area (Å²) < 4.78 is 0. The van der Waals surface area contributed by atoms with Crippen LogP contribution in [0.5, 0.6) is 0 Å². The molecule has 2 amide bonds. The lowest BCUT2D eigenvalue weighted by atomic mass is 10.1. The molecule has 2 bridgehead atoms. The van der Waals surface area contributed by atoms with Crippen molar-refractivity contribution in [1.29, 1.82) is 0 Å². The Morgan fingerprint density at radius 1 is 1.11 bits per heavy atom. The normalized spacial score (nSPS) is 16.0. The third-order valence-corrected chi connectivity index (χ3v) is 4.50. The number of carbonyl (C=O) groups excluding carboxylic acids is 2. The van der Waals surface area contributed by atoms with Crippen LogP contribution in [-0.4, -0.2) is 52.9 Å². The van der Waals surface area contributed by atoms with Crippen LogP contribution in [0.25, 0.3) is 0 Å². The van der Waals surface area contributed by atoms with Crippen LogP contribution in [0.1, 0.15) is 34.6 Å². The van der Waals surface area contributed by atoms with E-state index in [1.807, 2.05) is 31.2 Å². The molecular weight excluding hydrogens is 342 g/mol. The number of rotatable bonds is 1. The van der Waals surface area contributed by atoms with E-state index in [-0.39, 0.29) is 18.4 Å². The van der Waals surface area contributed by atoms with Crippen molar-refractivity contribution in [3.05, 3.63) is 53.5 Å². The van der Waals surface area contributed by atoms with Gasteiger partial charge in [-0.15, -0.1) is 0 Å². The molecular formula is C20H25N5O2. The fraction of sp³-hybridized carbons (Fsp3) is 0.400. The van der Waals surface area contributed by atoms with Gasteiger partial charge in [-0.3, -0.25) is 14.6 Å². The van der Waals surface area contributed by atoms with E-state index in [1.54, 1.807) is 17.2 Å². The number of hydrogen-bond donors (Lipinski definition) is 2. The molecule has 2 aromatic rings. The highest BCUT2D eigenvalue weighted by molar-refractivity contribution is 5.96. The fourth-order valence-electron chi connectivity index (χ4n) is 3.06. The van der Waals surface area contributed by atoms with Gasteiger partial charge in [-0.1, -0.05) is 12.1 Å². The maximum atomic E-state index is 12.9. The van der Waals surface area contributed by atoms with Crippen LogP contribution in [0.3, 0.4) is 0 Å². The molecule has 1 aliphatic heterocycles. The Morgan fingerprint density at radius 3 is 2.81 bits per heavy atom. The lowest BCUT2D eigenvalue weighted by molar-refractivity contribution is -0.121. The second-order valence-electron chi connectivity index (χ2n) is 6.64. The Hall–Kier alpha value is -2.96. The summed E-state index contributed by atoms with van der Waals surface area (Å²) in [5, 5.41) is 6.06. The van der Waals surface area contributed by atoms with Crippen molar-refractivity contribution < 1.29 is 9.59 Å². The van der Waals surface area contributed by atoms with Gasteiger partial charge in [0.25, 0.3) is 5.91 Å². The van der Waals surface area contributed by atoms with Crippen LogP contribution >= 0.6 is 0 Å². The average Bonchev–Trinajstić information content (AvgIpc) is 2.67. The highest BCUT2D eigenvalue weighted by Crippen LogP contribution is 2.11. The van der Waals surface area contributed by atoms with Gasteiger partial charge in [0, 0.05) is 31.5 Å².